The second-order valence-corrected chi connectivity index (χ2v) is 12.6. The van der Waals surface area contributed by atoms with Gasteiger partial charge in [0.2, 0.25) is 0 Å². The van der Waals surface area contributed by atoms with Gasteiger partial charge in [0.25, 0.3) is 0 Å². The van der Waals surface area contributed by atoms with Gasteiger partial charge in [-0.2, -0.15) is 0 Å². The van der Waals surface area contributed by atoms with Gasteiger partial charge in [0.05, 0.1) is 17.4 Å². The maximum absolute atomic E-state index is 13.2. The molecular weight excluding hydrogens is 492 g/mol. The lowest BCUT2D eigenvalue weighted by Crippen LogP contribution is -2.63. The fourth-order valence-electron chi connectivity index (χ4n) is 3.91. The van der Waals surface area contributed by atoms with E-state index in [1.165, 1.54) is 11.8 Å². The third kappa shape index (κ3) is 6.74. The van der Waals surface area contributed by atoms with Crippen LogP contribution in [0.2, 0.25) is 0 Å². The highest BCUT2D eigenvalue weighted by molar-refractivity contribution is 7.99. The Morgan fingerprint density at radius 1 is 0.784 bits per heavy atom. The molecule has 2 heterocycles. The van der Waals surface area contributed by atoms with Crippen molar-refractivity contribution < 1.29 is 33.3 Å². The summed E-state index contributed by atoms with van der Waals surface area (Å²) in [6, 6.07) is 19.3. The summed E-state index contributed by atoms with van der Waals surface area (Å²) >= 11 is 1.41. The number of benzene rings is 2. The summed E-state index contributed by atoms with van der Waals surface area (Å²) in [5.41, 5.74) is -1.34. The number of fused-ring (bicyclic) bond motifs is 1. The van der Waals surface area contributed by atoms with E-state index in [0.717, 1.165) is 10.5 Å². The molecule has 37 heavy (non-hydrogen) atoms. The summed E-state index contributed by atoms with van der Waals surface area (Å²) < 4.78 is 31.0. The van der Waals surface area contributed by atoms with E-state index >= 15 is 0 Å². The van der Waals surface area contributed by atoms with E-state index in [1.807, 2.05) is 60.7 Å². The molecule has 8 heteroatoms. The van der Waals surface area contributed by atoms with Crippen LogP contribution in [0.4, 0.5) is 0 Å². The zero-order valence-corrected chi connectivity index (χ0v) is 23.0. The average molecular weight is 529 g/mol. The molecule has 2 aromatic carbocycles. The van der Waals surface area contributed by atoms with Crippen molar-refractivity contribution in [3.63, 3.8) is 0 Å². The van der Waals surface area contributed by atoms with Crippen molar-refractivity contribution in [1.82, 2.24) is 0 Å². The van der Waals surface area contributed by atoms with Crippen LogP contribution in [0.5, 0.6) is 0 Å². The largest absolute Gasteiger partial charge is 0.455 e. The lowest BCUT2D eigenvalue weighted by Gasteiger charge is -2.49. The Kier molecular flexibility index (Phi) is 8.33. The molecule has 0 N–H and O–H groups in total. The first-order valence-electron chi connectivity index (χ1n) is 12.5. The number of thioether (sulfide) groups is 1. The molecular formula is C29H36O7S. The zero-order valence-electron chi connectivity index (χ0n) is 22.2. The van der Waals surface area contributed by atoms with Crippen molar-refractivity contribution >= 4 is 23.7 Å². The fraction of sp³-hybridized carbons (Fsp3) is 0.517. The minimum absolute atomic E-state index is 0.236. The van der Waals surface area contributed by atoms with Crippen molar-refractivity contribution in [2.75, 3.05) is 6.61 Å². The van der Waals surface area contributed by atoms with Gasteiger partial charge in [0, 0.05) is 10.5 Å². The summed E-state index contributed by atoms with van der Waals surface area (Å²) in [5, 5.41) is 0. The standard InChI is InChI=1S/C29H36O7S/c1-28(2,3)26(30)35-22-21-20(17-32-24(34-21)18-13-9-7-10-14-18)33-25(37-19-15-11-8-12-16-19)23(22)36-27(31)29(4,5)6/h7-16,20-25H,17H2,1-6H3/t20-,21+,22+,23-,24?,25+/m1/s1. The van der Waals surface area contributed by atoms with Gasteiger partial charge in [-0.15, -0.1) is 0 Å². The first kappa shape index (κ1) is 27.6. The summed E-state index contributed by atoms with van der Waals surface area (Å²) in [7, 11) is 0. The Hall–Kier alpha value is -2.39. The van der Waals surface area contributed by atoms with Crippen LogP contribution in [-0.2, 0) is 33.3 Å². The van der Waals surface area contributed by atoms with E-state index in [0.29, 0.717) is 0 Å². The van der Waals surface area contributed by atoms with Crippen molar-refractivity contribution in [2.24, 2.45) is 10.8 Å². The average Bonchev–Trinajstić information content (AvgIpc) is 2.85. The molecule has 7 nitrogen and oxygen atoms in total. The number of rotatable bonds is 5. The van der Waals surface area contributed by atoms with Crippen LogP contribution in [-0.4, -0.2) is 48.4 Å². The van der Waals surface area contributed by atoms with Gasteiger partial charge in [-0.3, -0.25) is 9.59 Å². The molecule has 0 bridgehead atoms. The molecule has 0 amide bonds. The first-order valence-corrected chi connectivity index (χ1v) is 13.4. The highest BCUT2D eigenvalue weighted by Gasteiger charge is 2.55. The van der Waals surface area contributed by atoms with Crippen molar-refractivity contribution in [2.45, 2.75) is 82.6 Å². The Morgan fingerprint density at radius 3 is 1.89 bits per heavy atom. The number of ether oxygens (including phenoxy) is 5. The second-order valence-electron chi connectivity index (χ2n) is 11.4. The van der Waals surface area contributed by atoms with Crippen LogP contribution >= 0.6 is 11.8 Å². The molecule has 2 saturated heterocycles. The monoisotopic (exact) mass is 528 g/mol. The third-order valence-corrected chi connectivity index (χ3v) is 7.22. The van der Waals surface area contributed by atoms with Gasteiger partial charge in [0.15, 0.2) is 18.5 Å². The summed E-state index contributed by atoms with van der Waals surface area (Å²) in [6.45, 7) is 11.0. The highest BCUT2D eigenvalue weighted by atomic mass is 32.2. The van der Waals surface area contributed by atoms with E-state index in [4.69, 9.17) is 23.7 Å². The smallest absolute Gasteiger partial charge is 0.311 e. The number of carbonyl (C=O) groups is 2. The molecule has 2 aromatic rings. The Labute approximate surface area is 223 Å². The predicted molar refractivity (Wildman–Crippen MR) is 140 cm³/mol. The number of carbonyl (C=O) groups excluding carboxylic acids is 2. The van der Waals surface area contributed by atoms with Crippen LogP contribution in [0.3, 0.4) is 0 Å². The molecule has 2 aliphatic rings. The molecule has 0 radical (unpaired) electrons. The van der Waals surface area contributed by atoms with Crippen LogP contribution in [0.25, 0.3) is 0 Å². The first-order chi connectivity index (χ1) is 17.4. The maximum Gasteiger partial charge on any atom is 0.311 e. The van der Waals surface area contributed by atoms with E-state index in [2.05, 4.69) is 0 Å². The fourth-order valence-corrected chi connectivity index (χ4v) is 5.04. The quantitative estimate of drug-likeness (QED) is 0.469. The normalized spacial score (nSPS) is 28.2. The molecule has 2 fully saturated rings. The van der Waals surface area contributed by atoms with Crippen molar-refractivity contribution in [3.05, 3.63) is 66.2 Å². The van der Waals surface area contributed by atoms with Gasteiger partial charge in [0.1, 0.15) is 17.6 Å². The molecule has 200 valence electrons. The minimum atomic E-state index is -0.904. The van der Waals surface area contributed by atoms with E-state index in [1.54, 1.807) is 41.5 Å². The summed E-state index contributed by atoms with van der Waals surface area (Å²) in [4.78, 5) is 27.2. The summed E-state index contributed by atoms with van der Waals surface area (Å²) in [5.74, 6) is -0.827. The molecule has 6 atom stereocenters. The van der Waals surface area contributed by atoms with Crippen molar-refractivity contribution in [3.8, 4) is 0 Å². The van der Waals surface area contributed by atoms with Crippen molar-refractivity contribution in [1.29, 1.82) is 0 Å². The lowest BCUT2D eigenvalue weighted by atomic mass is 9.94. The molecule has 0 aliphatic carbocycles. The Balaban J connectivity index is 1.70. The molecule has 0 aromatic heterocycles. The number of hydrogen-bond acceptors (Lipinski definition) is 8. The molecule has 0 saturated carbocycles. The van der Waals surface area contributed by atoms with E-state index in [9.17, 15) is 9.59 Å². The van der Waals surface area contributed by atoms with Gasteiger partial charge in [-0.05, 0) is 53.7 Å². The molecule has 2 aliphatic heterocycles. The minimum Gasteiger partial charge on any atom is -0.455 e. The molecule has 4 rings (SSSR count). The van der Waals surface area contributed by atoms with Crippen LogP contribution in [0.1, 0.15) is 53.4 Å². The van der Waals surface area contributed by atoms with Crippen LogP contribution < -0.4 is 0 Å². The Morgan fingerprint density at radius 2 is 1.32 bits per heavy atom. The zero-order chi connectivity index (χ0) is 26.8. The van der Waals surface area contributed by atoms with E-state index < -0.39 is 58.9 Å². The second kappa shape index (κ2) is 11.2. The van der Waals surface area contributed by atoms with Crippen LogP contribution in [0.15, 0.2) is 65.6 Å². The van der Waals surface area contributed by atoms with Crippen LogP contribution in [0, 0.1) is 10.8 Å². The maximum atomic E-state index is 13.2. The number of hydrogen-bond donors (Lipinski definition) is 0. The Bertz CT molecular complexity index is 1060. The third-order valence-electron chi connectivity index (χ3n) is 6.06. The SMILES string of the molecule is CC(C)(C)C(=O)O[C@H]1[C@H]2OC(c3ccccc3)OC[C@H]2O[C@@H](Sc2ccccc2)[C@@H]1OC(=O)C(C)(C)C. The van der Waals surface area contributed by atoms with Gasteiger partial charge < -0.3 is 23.7 Å². The lowest BCUT2D eigenvalue weighted by molar-refractivity contribution is -0.322. The predicted octanol–water partition coefficient (Wildman–Crippen LogP) is 5.53. The molecule has 1 unspecified atom stereocenters. The van der Waals surface area contributed by atoms with Gasteiger partial charge >= 0.3 is 11.9 Å². The topological polar surface area (TPSA) is 80.3 Å². The van der Waals surface area contributed by atoms with E-state index in [-0.39, 0.29) is 6.61 Å². The summed E-state index contributed by atoms with van der Waals surface area (Å²) in [6.07, 6.45) is -3.69. The molecule has 0 spiro atoms. The van der Waals surface area contributed by atoms with Gasteiger partial charge in [-0.1, -0.05) is 60.3 Å². The van der Waals surface area contributed by atoms with Gasteiger partial charge in [-0.25, -0.2) is 0 Å². The number of esters is 2. The highest BCUT2D eigenvalue weighted by Crippen LogP contribution is 2.42.